The van der Waals surface area contributed by atoms with E-state index in [2.05, 4.69) is 5.32 Å². The summed E-state index contributed by atoms with van der Waals surface area (Å²) in [7, 11) is 0. The quantitative estimate of drug-likeness (QED) is 0.834. The number of halogens is 1. The third-order valence-corrected chi connectivity index (χ3v) is 4.09. The van der Waals surface area contributed by atoms with Gasteiger partial charge < -0.3 is 5.32 Å². The van der Waals surface area contributed by atoms with Crippen molar-refractivity contribution in [2.75, 3.05) is 13.1 Å². The summed E-state index contributed by atoms with van der Waals surface area (Å²) in [4.78, 5) is 12.7. The van der Waals surface area contributed by atoms with Crippen molar-refractivity contribution in [2.24, 2.45) is 5.41 Å². The molecule has 0 atom stereocenters. The fraction of sp³-hybridized carbons (Fsp3) is 0.533. The number of piperidine rings is 1. The molecule has 0 aromatic heterocycles. The van der Waals surface area contributed by atoms with Gasteiger partial charge >= 0.3 is 0 Å². The molecule has 0 spiro atoms. The second kappa shape index (κ2) is 5.19. The number of carbonyl (C=O) groups is 1. The Labute approximate surface area is 108 Å². The highest BCUT2D eigenvalue weighted by molar-refractivity contribution is 6.01. The topological polar surface area (TPSA) is 29.1 Å². The highest BCUT2D eigenvalue weighted by Gasteiger charge is 2.39. The first-order valence-electron chi connectivity index (χ1n) is 6.61. The van der Waals surface area contributed by atoms with Gasteiger partial charge in [-0.25, -0.2) is 4.39 Å². The predicted molar refractivity (Wildman–Crippen MR) is 70.3 cm³/mol. The number of hydrogen-bond donors (Lipinski definition) is 1. The van der Waals surface area contributed by atoms with Gasteiger partial charge in [-0.15, -0.1) is 0 Å². The molecule has 0 unspecified atom stereocenters. The van der Waals surface area contributed by atoms with E-state index in [4.69, 9.17) is 0 Å². The molecule has 0 radical (unpaired) electrons. The van der Waals surface area contributed by atoms with Crippen molar-refractivity contribution >= 4 is 5.78 Å². The van der Waals surface area contributed by atoms with Crippen molar-refractivity contribution in [3.05, 3.63) is 35.1 Å². The van der Waals surface area contributed by atoms with Gasteiger partial charge in [-0.1, -0.05) is 18.6 Å². The van der Waals surface area contributed by atoms with Gasteiger partial charge in [0.1, 0.15) is 5.82 Å². The summed E-state index contributed by atoms with van der Waals surface area (Å²) in [5.41, 5.74) is 0.818. The fourth-order valence-electron chi connectivity index (χ4n) is 2.75. The standard InChI is InChI=1S/C15H20FNO/c1-3-15(6-8-17-9-7-15)14(18)12-10-11(2)4-5-13(12)16/h4-5,10,17H,3,6-9H2,1-2H3. The smallest absolute Gasteiger partial charge is 0.172 e. The van der Waals surface area contributed by atoms with Gasteiger partial charge in [0, 0.05) is 5.41 Å². The Morgan fingerprint density at radius 1 is 1.39 bits per heavy atom. The van der Waals surface area contributed by atoms with Crippen LogP contribution in [0.2, 0.25) is 0 Å². The molecule has 2 nitrogen and oxygen atoms in total. The summed E-state index contributed by atoms with van der Waals surface area (Å²) in [5, 5.41) is 3.26. The Bertz CT molecular complexity index is 450. The molecule has 1 aliphatic rings. The van der Waals surface area contributed by atoms with Crippen molar-refractivity contribution in [1.29, 1.82) is 0 Å². The predicted octanol–water partition coefficient (Wildman–Crippen LogP) is 3.10. The molecule has 2 rings (SSSR count). The molecule has 98 valence electrons. The Morgan fingerprint density at radius 3 is 2.67 bits per heavy atom. The Hall–Kier alpha value is -1.22. The van der Waals surface area contributed by atoms with Crippen molar-refractivity contribution in [2.45, 2.75) is 33.1 Å². The lowest BCUT2D eigenvalue weighted by Crippen LogP contribution is -2.42. The Kier molecular flexibility index (Phi) is 3.81. The summed E-state index contributed by atoms with van der Waals surface area (Å²) in [6.45, 7) is 5.59. The summed E-state index contributed by atoms with van der Waals surface area (Å²) < 4.78 is 13.8. The van der Waals surface area contributed by atoms with E-state index >= 15 is 0 Å². The number of Topliss-reactive ketones (excluding diaryl/α,β-unsaturated/α-hetero) is 1. The molecule has 1 aromatic rings. The van der Waals surface area contributed by atoms with Crippen LogP contribution in [0, 0.1) is 18.2 Å². The normalized spacial score (nSPS) is 18.6. The molecular formula is C15H20FNO. The van der Waals surface area contributed by atoms with E-state index in [0.29, 0.717) is 0 Å². The summed E-state index contributed by atoms with van der Waals surface area (Å²) in [6, 6.07) is 4.78. The highest BCUT2D eigenvalue weighted by Crippen LogP contribution is 2.36. The van der Waals surface area contributed by atoms with Crippen LogP contribution in [0.15, 0.2) is 18.2 Å². The van der Waals surface area contributed by atoms with Gasteiger partial charge in [0.05, 0.1) is 5.56 Å². The number of nitrogens with one attached hydrogen (secondary N) is 1. The largest absolute Gasteiger partial charge is 0.317 e. The van der Waals surface area contributed by atoms with Crippen molar-refractivity contribution in [1.82, 2.24) is 5.32 Å². The van der Waals surface area contributed by atoms with E-state index in [1.54, 1.807) is 12.1 Å². The molecule has 3 heteroatoms. The van der Waals surface area contributed by atoms with Crippen molar-refractivity contribution in [3.8, 4) is 0 Å². The SMILES string of the molecule is CCC1(C(=O)c2cc(C)ccc2F)CCNCC1. The Balaban J connectivity index is 2.36. The lowest BCUT2D eigenvalue weighted by atomic mass is 9.71. The number of aryl methyl sites for hydroxylation is 1. The van der Waals surface area contributed by atoms with Crippen LogP contribution in [0.1, 0.15) is 42.1 Å². The third kappa shape index (κ3) is 2.32. The van der Waals surface area contributed by atoms with E-state index in [1.807, 2.05) is 13.8 Å². The number of carbonyl (C=O) groups excluding carboxylic acids is 1. The lowest BCUT2D eigenvalue weighted by Gasteiger charge is -2.35. The number of rotatable bonds is 3. The maximum atomic E-state index is 13.8. The molecule has 1 aliphatic heterocycles. The highest BCUT2D eigenvalue weighted by atomic mass is 19.1. The van der Waals surface area contributed by atoms with E-state index in [9.17, 15) is 9.18 Å². The van der Waals surface area contributed by atoms with Gasteiger partial charge in [0.2, 0.25) is 0 Å². The number of ketones is 1. The zero-order valence-corrected chi connectivity index (χ0v) is 11.1. The maximum absolute atomic E-state index is 13.8. The summed E-state index contributed by atoms with van der Waals surface area (Å²) >= 11 is 0. The average molecular weight is 249 g/mol. The molecule has 1 N–H and O–H groups in total. The van der Waals surface area contributed by atoms with Gasteiger partial charge in [0.25, 0.3) is 0 Å². The molecule has 1 saturated heterocycles. The van der Waals surface area contributed by atoms with Gasteiger partial charge in [-0.05, 0) is 51.4 Å². The van der Waals surface area contributed by atoms with Crippen LogP contribution >= 0.6 is 0 Å². The van der Waals surface area contributed by atoms with Gasteiger partial charge in [-0.2, -0.15) is 0 Å². The van der Waals surface area contributed by atoms with Crippen LogP contribution < -0.4 is 5.32 Å². The van der Waals surface area contributed by atoms with E-state index in [1.165, 1.54) is 6.07 Å². The second-order valence-electron chi connectivity index (χ2n) is 5.20. The van der Waals surface area contributed by atoms with Gasteiger partial charge in [-0.3, -0.25) is 4.79 Å². The number of hydrogen-bond acceptors (Lipinski definition) is 2. The molecule has 0 aliphatic carbocycles. The van der Waals surface area contributed by atoms with Crippen LogP contribution in [0.25, 0.3) is 0 Å². The van der Waals surface area contributed by atoms with E-state index in [0.717, 1.165) is 37.9 Å². The first-order valence-corrected chi connectivity index (χ1v) is 6.61. The van der Waals surface area contributed by atoms with Crippen LogP contribution in [-0.2, 0) is 0 Å². The minimum absolute atomic E-state index is 0.0206. The second-order valence-corrected chi connectivity index (χ2v) is 5.20. The van der Waals surface area contributed by atoms with E-state index in [-0.39, 0.29) is 16.8 Å². The molecule has 0 amide bonds. The molecule has 0 saturated carbocycles. The van der Waals surface area contributed by atoms with Crippen LogP contribution in [0.3, 0.4) is 0 Å². The lowest BCUT2D eigenvalue weighted by molar-refractivity contribution is 0.0713. The van der Waals surface area contributed by atoms with E-state index < -0.39 is 5.82 Å². The maximum Gasteiger partial charge on any atom is 0.172 e. The minimum Gasteiger partial charge on any atom is -0.317 e. The van der Waals surface area contributed by atoms with Crippen molar-refractivity contribution in [3.63, 3.8) is 0 Å². The molecule has 1 heterocycles. The van der Waals surface area contributed by atoms with Crippen LogP contribution in [0.5, 0.6) is 0 Å². The number of benzene rings is 1. The summed E-state index contributed by atoms with van der Waals surface area (Å²) in [5.74, 6) is -0.412. The average Bonchev–Trinajstić information content (AvgIpc) is 2.41. The first-order chi connectivity index (χ1) is 8.59. The van der Waals surface area contributed by atoms with Crippen molar-refractivity contribution < 1.29 is 9.18 Å². The fourth-order valence-corrected chi connectivity index (χ4v) is 2.75. The summed E-state index contributed by atoms with van der Waals surface area (Å²) in [6.07, 6.45) is 2.38. The minimum atomic E-state index is -0.392. The third-order valence-electron chi connectivity index (χ3n) is 4.09. The monoisotopic (exact) mass is 249 g/mol. The Morgan fingerprint density at radius 2 is 2.06 bits per heavy atom. The molecule has 1 aromatic carbocycles. The van der Waals surface area contributed by atoms with Gasteiger partial charge in [0.15, 0.2) is 5.78 Å². The molecular weight excluding hydrogens is 229 g/mol. The first kappa shape index (κ1) is 13.2. The zero-order chi connectivity index (χ0) is 13.2. The van der Waals surface area contributed by atoms with Crippen LogP contribution in [0.4, 0.5) is 4.39 Å². The molecule has 0 bridgehead atoms. The zero-order valence-electron chi connectivity index (χ0n) is 11.1. The van der Waals surface area contributed by atoms with Crippen LogP contribution in [-0.4, -0.2) is 18.9 Å². The molecule has 18 heavy (non-hydrogen) atoms. The molecule has 1 fully saturated rings.